The largest absolute Gasteiger partial charge is 0.455 e. The van der Waals surface area contributed by atoms with Gasteiger partial charge in [-0.05, 0) is 48.5 Å². The number of carbonyl (C=O) groups is 1. The number of carbonyl (C=O) groups excluding carboxylic acids is 1. The van der Waals surface area contributed by atoms with Crippen molar-refractivity contribution in [2.45, 2.75) is 0 Å². The molecule has 0 saturated heterocycles. The molecule has 0 spiro atoms. The van der Waals surface area contributed by atoms with Crippen molar-refractivity contribution < 1.29 is 14.5 Å². The van der Waals surface area contributed by atoms with Crippen molar-refractivity contribution in [2.24, 2.45) is 0 Å². The van der Waals surface area contributed by atoms with Gasteiger partial charge in [0, 0.05) is 11.6 Å². The fourth-order valence-corrected chi connectivity index (χ4v) is 2.56. The van der Waals surface area contributed by atoms with E-state index in [1.54, 1.807) is 48.5 Å². The van der Waals surface area contributed by atoms with Gasteiger partial charge in [-0.3, -0.25) is 14.9 Å². The Morgan fingerprint density at radius 1 is 1.11 bits per heavy atom. The summed E-state index contributed by atoms with van der Waals surface area (Å²) in [5.41, 5.74) is 0.619. The molecule has 0 aliphatic heterocycles. The van der Waals surface area contributed by atoms with Crippen LogP contribution < -0.4 is 10.1 Å². The van der Waals surface area contributed by atoms with Crippen LogP contribution in [-0.2, 0) is 0 Å². The number of anilines is 1. The summed E-state index contributed by atoms with van der Waals surface area (Å²) in [6.45, 7) is 0. The van der Waals surface area contributed by atoms with Crippen LogP contribution in [0.25, 0.3) is 0 Å². The first kappa shape index (κ1) is 18.9. The van der Waals surface area contributed by atoms with Gasteiger partial charge in [-0.1, -0.05) is 23.7 Å². The molecule has 0 unspecified atom stereocenters. The fraction of sp³-hybridized carbons (Fsp3) is 0. The van der Waals surface area contributed by atoms with Crippen molar-refractivity contribution in [3.05, 3.63) is 93.0 Å². The summed E-state index contributed by atoms with van der Waals surface area (Å²) < 4.78 is 5.77. The van der Waals surface area contributed by atoms with E-state index in [-0.39, 0.29) is 16.3 Å². The van der Waals surface area contributed by atoms with Crippen LogP contribution in [0.15, 0.2) is 66.7 Å². The first-order valence-electron chi connectivity index (χ1n) is 8.00. The maximum absolute atomic E-state index is 12.5. The van der Waals surface area contributed by atoms with E-state index in [4.69, 9.17) is 21.6 Å². The van der Waals surface area contributed by atoms with Crippen LogP contribution in [-0.4, -0.2) is 10.8 Å². The van der Waals surface area contributed by atoms with Gasteiger partial charge in [-0.15, -0.1) is 0 Å². The lowest BCUT2D eigenvalue weighted by atomic mass is 10.2. The summed E-state index contributed by atoms with van der Waals surface area (Å²) in [7, 11) is 0. The third-order valence-electron chi connectivity index (χ3n) is 3.75. The lowest BCUT2D eigenvalue weighted by molar-refractivity contribution is -0.384. The minimum atomic E-state index is -0.652. The van der Waals surface area contributed by atoms with Gasteiger partial charge in [-0.2, -0.15) is 5.26 Å². The van der Waals surface area contributed by atoms with Crippen LogP contribution in [0.4, 0.5) is 11.4 Å². The minimum Gasteiger partial charge on any atom is -0.455 e. The van der Waals surface area contributed by atoms with E-state index in [0.717, 1.165) is 6.07 Å². The second-order valence-corrected chi connectivity index (χ2v) is 6.02. The average molecular weight is 394 g/mol. The van der Waals surface area contributed by atoms with Crippen LogP contribution in [0.1, 0.15) is 15.9 Å². The molecular weight excluding hydrogens is 382 g/mol. The van der Waals surface area contributed by atoms with E-state index in [9.17, 15) is 14.9 Å². The number of halogens is 1. The highest BCUT2D eigenvalue weighted by molar-refractivity contribution is 6.32. The molecule has 0 fully saturated rings. The third-order valence-corrected chi connectivity index (χ3v) is 4.07. The Hall–Kier alpha value is -3.89. The maximum Gasteiger partial charge on any atom is 0.288 e. The van der Waals surface area contributed by atoms with Crippen LogP contribution >= 0.6 is 11.6 Å². The molecule has 0 aliphatic rings. The van der Waals surface area contributed by atoms with Crippen molar-refractivity contribution >= 4 is 28.9 Å². The van der Waals surface area contributed by atoms with E-state index >= 15 is 0 Å². The van der Waals surface area contributed by atoms with E-state index in [0.29, 0.717) is 22.7 Å². The lowest BCUT2D eigenvalue weighted by Gasteiger charge is -2.12. The number of nitrogens with one attached hydrogen (secondary N) is 1. The Balaban J connectivity index is 1.83. The predicted molar refractivity (Wildman–Crippen MR) is 104 cm³/mol. The second-order valence-electron chi connectivity index (χ2n) is 5.61. The van der Waals surface area contributed by atoms with Crippen molar-refractivity contribution in [1.82, 2.24) is 0 Å². The van der Waals surface area contributed by atoms with Gasteiger partial charge in [-0.25, -0.2) is 0 Å². The van der Waals surface area contributed by atoms with Gasteiger partial charge in [0.25, 0.3) is 11.6 Å². The van der Waals surface area contributed by atoms with Crippen LogP contribution in [0.3, 0.4) is 0 Å². The number of benzene rings is 3. The molecule has 7 nitrogen and oxygen atoms in total. The zero-order chi connectivity index (χ0) is 20.1. The Labute approximate surface area is 164 Å². The van der Waals surface area contributed by atoms with Gasteiger partial charge in [0.05, 0.1) is 22.2 Å². The molecule has 0 aromatic heterocycles. The van der Waals surface area contributed by atoms with E-state index in [2.05, 4.69) is 5.32 Å². The topological polar surface area (TPSA) is 105 Å². The van der Waals surface area contributed by atoms with E-state index in [1.807, 2.05) is 6.07 Å². The van der Waals surface area contributed by atoms with Crippen LogP contribution in [0.5, 0.6) is 11.5 Å². The molecule has 8 heteroatoms. The molecule has 3 aromatic carbocycles. The summed E-state index contributed by atoms with van der Waals surface area (Å²) in [6.07, 6.45) is 0. The summed E-state index contributed by atoms with van der Waals surface area (Å²) >= 11 is 5.78. The predicted octanol–water partition coefficient (Wildman–Crippen LogP) is 5.16. The average Bonchev–Trinajstić information content (AvgIpc) is 2.70. The van der Waals surface area contributed by atoms with Gasteiger partial charge in [0.2, 0.25) is 0 Å². The number of nitro groups is 1. The SMILES string of the molecule is N#Cc1ccc(Oc2ccccc2NC(=O)c2ccc(Cl)c([N+](=O)[O-])c2)cc1. The first-order valence-corrected chi connectivity index (χ1v) is 8.38. The van der Waals surface area contributed by atoms with Gasteiger partial charge >= 0.3 is 0 Å². The third kappa shape index (κ3) is 4.26. The monoisotopic (exact) mass is 393 g/mol. The Bertz CT molecular complexity index is 1090. The number of ether oxygens (including phenoxy) is 1. The highest BCUT2D eigenvalue weighted by Crippen LogP contribution is 2.30. The van der Waals surface area contributed by atoms with Gasteiger partial charge in [0.15, 0.2) is 5.75 Å². The van der Waals surface area contributed by atoms with E-state index in [1.165, 1.54) is 12.1 Å². The number of para-hydroxylation sites is 2. The molecule has 0 atom stereocenters. The molecule has 0 radical (unpaired) electrons. The smallest absolute Gasteiger partial charge is 0.288 e. The molecule has 3 rings (SSSR count). The molecular formula is C20H12ClN3O4. The van der Waals surface area contributed by atoms with Crippen molar-refractivity contribution in [3.8, 4) is 17.6 Å². The summed E-state index contributed by atoms with van der Waals surface area (Å²) in [5, 5.41) is 22.5. The summed E-state index contributed by atoms with van der Waals surface area (Å²) in [4.78, 5) is 22.9. The molecule has 0 heterocycles. The number of nitro benzene ring substituents is 1. The highest BCUT2D eigenvalue weighted by Gasteiger charge is 2.17. The number of nitriles is 1. The maximum atomic E-state index is 12.5. The normalized spacial score (nSPS) is 10.0. The number of hydrogen-bond donors (Lipinski definition) is 1. The van der Waals surface area contributed by atoms with Crippen molar-refractivity contribution in [1.29, 1.82) is 5.26 Å². The number of nitrogens with zero attached hydrogens (tertiary/aromatic N) is 2. The summed E-state index contributed by atoms with van der Waals surface area (Å²) in [5.74, 6) is 0.322. The van der Waals surface area contributed by atoms with Crippen LogP contribution in [0.2, 0.25) is 5.02 Å². The van der Waals surface area contributed by atoms with Crippen molar-refractivity contribution in [2.75, 3.05) is 5.32 Å². The molecule has 138 valence electrons. The molecule has 1 amide bonds. The summed E-state index contributed by atoms with van der Waals surface area (Å²) in [6, 6.07) is 19.1. The molecule has 0 saturated carbocycles. The minimum absolute atomic E-state index is 0.0499. The second kappa shape index (κ2) is 8.20. The fourth-order valence-electron chi connectivity index (χ4n) is 2.37. The quantitative estimate of drug-likeness (QED) is 0.475. The Morgan fingerprint density at radius 2 is 1.82 bits per heavy atom. The van der Waals surface area contributed by atoms with Gasteiger partial charge in [0.1, 0.15) is 10.8 Å². The zero-order valence-corrected chi connectivity index (χ0v) is 15.0. The Morgan fingerprint density at radius 3 is 2.50 bits per heavy atom. The zero-order valence-electron chi connectivity index (χ0n) is 14.3. The standard InChI is InChI=1S/C20H12ClN3O4/c21-16-10-7-14(11-18(16)24(26)27)20(25)23-17-3-1-2-4-19(17)28-15-8-5-13(12-22)6-9-15/h1-11H,(H,23,25). The number of rotatable bonds is 5. The lowest BCUT2D eigenvalue weighted by Crippen LogP contribution is -2.12. The van der Waals surface area contributed by atoms with Crippen molar-refractivity contribution in [3.63, 3.8) is 0 Å². The number of hydrogen-bond acceptors (Lipinski definition) is 5. The van der Waals surface area contributed by atoms with Gasteiger partial charge < -0.3 is 10.1 Å². The molecule has 0 bridgehead atoms. The highest BCUT2D eigenvalue weighted by atomic mass is 35.5. The molecule has 0 aliphatic carbocycles. The molecule has 3 aromatic rings. The number of amides is 1. The first-order chi connectivity index (χ1) is 13.5. The molecule has 28 heavy (non-hydrogen) atoms. The van der Waals surface area contributed by atoms with E-state index < -0.39 is 10.8 Å². The Kier molecular flexibility index (Phi) is 5.53. The van der Waals surface area contributed by atoms with Crippen LogP contribution in [0, 0.1) is 21.4 Å². The molecule has 1 N–H and O–H groups in total.